The van der Waals surface area contributed by atoms with Crippen molar-refractivity contribution in [1.82, 2.24) is 0 Å². The molecule has 2 aromatic carbocycles. The molecule has 0 atom stereocenters. The highest BCUT2D eigenvalue weighted by Crippen LogP contribution is 2.34. The van der Waals surface area contributed by atoms with Crippen LogP contribution < -0.4 is 14.8 Å². The minimum Gasteiger partial charge on any atom is -0.464 e. The number of benzene rings is 2. The van der Waals surface area contributed by atoms with E-state index >= 15 is 0 Å². The Kier molecular flexibility index (Phi) is 3.61. The van der Waals surface area contributed by atoms with Gasteiger partial charge in [-0.25, -0.2) is 0 Å². The molecule has 2 heterocycles. The lowest BCUT2D eigenvalue weighted by Crippen LogP contribution is -2.14. The number of ether oxygens (including phenoxy) is 2. The molecule has 0 fully saturated rings. The molecule has 1 aliphatic rings. The van der Waals surface area contributed by atoms with Crippen LogP contribution in [0, 0.1) is 0 Å². The number of furan rings is 1. The van der Waals surface area contributed by atoms with Crippen LogP contribution in [-0.4, -0.2) is 12.7 Å². The highest BCUT2D eigenvalue weighted by molar-refractivity contribution is 5.95. The normalized spacial score (nSPS) is 12.5. The van der Waals surface area contributed by atoms with E-state index in [1.165, 1.54) is 5.56 Å². The topological polar surface area (TPSA) is 60.7 Å². The fraction of sp³-hybridized carbons (Fsp3) is 0.211. The molecule has 1 N–H and O–H groups in total. The van der Waals surface area contributed by atoms with Crippen LogP contribution in [0.2, 0.25) is 0 Å². The third kappa shape index (κ3) is 2.69. The number of fused-ring (bicyclic) bond motifs is 2. The Morgan fingerprint density at radius 1 is 1.12 bits per heavy atom. The van der Waals surface area contributed by atoms with Crippen molar-refractivity contribution in [3.8, 4) is 11.5 Å². The van der Waals surface area contributed by atoms with E-state index in [0.29, 0.717) is 17.2 Å². The number of anilines is 1. The molecule has 0 spiro atoms. The van der Waals surface area contributed by atoms with Gasteiger partial charge in [-0.15, -0.1) is 0 Å². The fourth-order valence-corrected chi connectivity index (χ4v) is 2.84. The van der Waals surface area contributed by atoms with Gasteiger partial charge in [0, 0.05) is 22.7 Å². The van der Waals surface area contributed by atoms with Crippen LogP contribution in [0.3, 0.4) is 0 Å². The lowest BCUT2D eigenvalue weighted by atomic mass is 10.1. The third-order valence-electron chi connectivity index (χ3n) is 4.13. The molecule has 0 radical (unpaired) electrons. The minimum atomic E-state index is -0.0986. The predicted molar refractivity (Wildman–Crippen MR) is 90.5 cm³/mol. The monoisotopic (exact) mass is 323 g/mol. The van der Waals surface area contributed by atoms with Crippen LogP contribution in [0.4, 0.5) is 5.69 Å². The van der Waals surface area contributed by atoms with Crippen molar-refractivity contribution in [3.63, 3.8) is 0 Å². The van der Waals surface area contributed by atoms with Crippen molar-refractivity contribution in [2.24, 2.45) is 0 Å². The number of hydrogen-bond acceptors (Lipinski definition) is 4. The zero-order valence-corrected chi connectivity index (χ0v) is 13.3. The average molecular weight is 323 g/mol. The second-order valence-electron chi connectivity index (χ2n) is 5.74. The largest absolute Gasteiger partial charge is 0.464 e. The minimum absolute atomic E-state index is 0.0986. The lowest BCUT2D eigenvalue weighted by Gasteiger charge is -2.06. The third-order valence-corrected chi connectivity index (χ3v) is 4.13. The van der Waals surface area contributed by atoms with Crippen molar-refractivity contribution in [3.05, 3.63) is 53.8 Å². The van der Waals surface area contributed by atoms with Crippen LogP contribution in [0.25, 0.3) is 11.0 Å². The summed E-state index contributed by atoms with van der Waals surface area (Å²) < 4.78 is 16.1. The van der Waals surface area contributed by atoms with E-state index in [1.807, 2.05) is 12.1 Å². The molecule has 0 aliphatic carbocycles. The molecule has 3 aromatic rings. The van der Waals surface area contributed by atoms with E-state index in [9.17, 15) is 4.79 Å². The highest BCUT2D eigenvalue weighted by Gasteiger charge is 2.15. The van der Waals surface area contributed by atoms with Crippen molar-refractivity contribution < 1.29 is 18.7 Å². The van der Waals surface area contributed by atoms with Crippen LogP contribution in [0.1, 0.15) is 18.1 Å². The van der Waals surface area contributed by atoms with Crippen LogP contribution in [0.15, 0.2) is 47.1 Å². The van der Waals surface area contributed by atoms with Gasteiger partial charge in [-0.1, -0.05) is 13.0 Å². The molecule has 1 aromatic heterocycles. The van der Waals surface area contributed by atoms with Crippen LogP contribution in [-0.2, 0) is 17.6 Å². The SMILES string of the molecule is CCc1ccc2occ(CC(=O)Nc3ccc4c(c3)OCO4)c2c1. The molecule has 0 saturated carbocycles. The number of nitrogens with one attached hydrogen (secondary N) is 1. The fourth-order valence-electron chi connectivity index (χ4n) is 2.84. The Morgan fingerprint density at radius 2 is 2.00 bits per heavy atom. The Balaban J connectivity index is 1.52. The first-order valence-electron chi connectivity index (χ1n) is 7.91. The summed E-state index contributed by atoms with van der Waals surface area (Å²) in [4.78, 5) is 12.4. The maximum absolute atomic E-state index is 12.4. The standard InChI is InChI=1S/C19H17NO4/c1-2-12-3-5-16-15(7-12)13(10-22-16)8-19(21)20-14-4-6-17-18(9-14)24-11-23-17/h3-7,9-10H,2,8,11H2,1H3,(H,20,21). The van der Waals surface area contributed by atoms with Crippen molar-refractivity contribution in [1.29, 1.82) is 0 Å². The Labute approximate surface area is 139 Å². The number of rotatable bonds is 4. The molecule has 24 heavy (non-hydrogen) atoms. The maximum atomic E-state index is 12.4. The van der Waals surface area contributed by atoms with Gasteiger partial charge in [-0.05, 0) is 36.2 Å². The quantitative estimate of drug-likeness (QED) is 0.791. The van der Waals surface area contributed by atoms with Gasteiger partial charge in [0.05, 0.1) is 12.7 Å². The summed E-state index contributed by atoms with van der Waals surface area (Å²) in [6, 6.07) is 11.4. The Morgan fingerprint density at radius 3 is 2.88 bits per heavy atom. The summed E-state index contributed by atoms with van der Waals surface area (Å²) in [6.07, 6.45) is 2.86. The first kappa shape index (κ1) is 14.6. The second-order valence-corrected chi connectivity index (χ2v) is 5.74. The second kappa shape index (κ2) is 5.92. The van der Waals surface area contributed by atoms with E-state index in [2.05, 4.69) is 18.3 Å². The summed E-state index contributed by atoms with van der Waals surface area (Å²) in [7, 11) is 0. The molecule has 1 amide bonds. The molecular formula is C19H17NO4. The summed E-state index contributed by atoms with van der Waals surface area (Å²) in [6.45, 7) is 2.32. The van der Waals surface area contributed by atoms with E-state index in [-0.39, 0.29) is 19.1 Å². The molecule has 4 rings (SSSR count). The Hall–Kier alpha value is -2.95. The number of hydrogen-bond donors (Lipinski definition) is 1. The van der Waals surface area contributed by atoms with Crippen molar-refractivity contribution in [2.75, 3.05) is 12.1 Å². The van der Waals surface area contributed by atoms with Crippen LogP contribution >= 0.6 is 0 Å². The zero-order chi connectivity index (χ0) is 16.5. The van der Waals surface area contributed by atoms with Gasteiger partial charge >= 0.3 is 0 Å². The highest BCUT2D eigenvalue weighted by atomic mass is 16.7. The van der Waals surface area contributed by atoms with Gasteiger partial charge in [0.2, 0.25) is 12.7 Å². The van der Waals surface area contributed by atoms with Gasteiger partial charge in [-0.2, -0.15) is 0 Å². The molecule has 5 heteroatoms. The molecule has 0 unspecified atom stereocenters. The van der Waals surface area contributed by atoms with E-state index in [1.54, 1.807) is 24.5 Å². The number of aryl methyl sites for hydroxylation is 1. The van der Waals surface area contributed by atoms with E-state index in [4.69, 9.17) is 13.9 Å². The smallest absolute Gasteiger partial charge is 0.231 e. The number of amides is 1. The number of carbonyl (C=O) groups excluding carboxylic acids is 1. The van der Waals surface area contributed by atoms with Gasteiger partial charge in [-0.3, -0.25) is 4.79 Å². The zero-order valence-electron chi connectivity index (χ0n) is 13.3. The van der Waals surface area contributed by atoms with Crippen molar-refractivity contribution in [2.45, 2.75) is 19.8 Å². The molecule has 0 saturated heterocycles. The molecular weight excluding hydrogens is 306 g/mol. The molecule has 1 aliphatic heterocycles. The summed E-state index contributed by atoms with van der Waals surface area (Å²) in [5.41, 5.74) is 3.60. The summed E-state index contributed by atoms with van der Waals surface area (Å²) >= 11 is 0. The van der Waals surface area contributed by atoms with Gasteiger partial charge < -0.3 is 19.2 Å². The van der Waals surface area contributed by atoms with Gasteiger partial charge in [0.25, 0.3) is 0 Å². The van der Waals surface area contributed by atoms with Gasteiger partial charge in [0.1, 0.15) is 5.58 Å². The molecule has 5 nitrogen and oxygen atoms in total. The average Bonchev–Trinajstić information content (AvgIpc) is 3.21. The van der Waals surface area contributed by atoms with Crippen LogP contribution in [0.5, 0.6) is 11.5 Å². The summed E-state index contributed by atoms with van der Waals surface area (Å²) in [5, 5.41) is 3.88. The lowest BCUT2D eigenvalue weighted by molar-refractivity contribution is -0.115. The summed E-state index contributed by atoms with van der Waals surface area (Å²) in [5.74, 6) is 1.24. The van der Waals surface area contributed by atoms with Gasteiger partial charge in [0.15, 0.2) is 11.5 Å². The Bertz CT molecular complexity index is 913. The first-order valence-corrected chi connectivity index (χ1v) is 7.91. The molecule has 122 valence electrons. The van der Waals surface area contributed by atoms with E-state index < -0.39 is 0 Å². The van der Waals surface area contributed by atoms with Crippen molar-refractivity contribution >= 4 is 22.6 Å². The predicted octanol–water partition coefficient (Wildman–Crippen LogP) is 3.91. The maximum Gasteiger partial charge on any atom is 0.231 e. The van der Waals surface area contributed by atoms with E-state index in [0.717, 1.165) is 23.0 Å². The first-order chi connectivity index (χ1) is 11.7. The molecule has 0 bridgehead atoms. The number of carbonyl (C=O) groups is 1.